The van der Waals surface area contributed by atoms with Crippen LogP contribution in [-0.2, 0) is 0 Å². The van der Waals surface area contributed by atoms with Crippen molar-refractivity contribution < 1.29 is 4.79 Å². The normalized spacial score (nSPS) is 10.6. The van der Waals surface area contributed by atoms with Gasteiger partial charge in [-0.15, -0.1) is 0 Å². The zero-order valence-corrected chi connectivity index (χ0v) is 11.1. The van der Waals surface area contributed by atoms with Gasteiger partial charge < -0.3 is 5.32 Å². The fourth-order valence-corrected chi connectivity index (χ4v) is 1.83. The lowest BCUT2D eigenvalue weighted by atomic mass is 10.2. The molecule has 0 fully saturated rings. The van der Waals surface area contributed by atoms with E-state index in [9.17, 15) is 4.79 Å². The molecule has 2 aromatic rings. The van der Waals surface area contributed by atoms with Crippen molar-refractivity contribution in [2.24, 2.45) is 0 Å². The number of hydrogen-bond donors (Lipinski definition) is 1. The van der Waals surface area contributed by atoms with Crippen molar-refractivity contribution in [3.05, 3.63) is 76.8 Å². The summed E-state index contributed by atoms with van der Waals surface area (Å²) in [6.07, 6.45) is 3.88. The van der Waals surface area contributed by atoms with Crippen molar-refractivity contribution in [1.82, 2.24) is 5.32 Å². The summed E-state index contributed by atoms with van der Waals surface area (Å²) >= 11 is 5.84. The van der Waals surface area contributed by atoms with Gasteiger partial charge in [0.1, 0.15) is 0 Å². The Morgan fingerprint density at radius 3 is 2.63 bits per heavy atom. The zero-order chi connectivity index (χ0) is 13.5. The van der Waals surface area contributed by atoms with E-state index in [0.29, 0.717) is 17.1 Å². The van der Waals surface area contributed by atoms with Gasteiger partial charge in [-0.3, -0.25) is 4.79 Å². The topological polar surface area (TPSA) is 29.1 Å². The number of carbonyl (C=O) groups excluding carboxylic acids is 1. The van der Waals surface area contributed by atoms with E-state index in [2.05, 4.69) is 5.32 Å². The average molecular weight is 272 g/mol. The lowest BCUT2D eigenvalue weighted by Crippen LogP contribution is -2.23. The van der Waals surface area contributed by atoms with Crippen molar-refractivity contribution in [1.29, 1.82) is 0 Å². The molecule has 96 valence electrons. The Balaban J connectivity index is 1.86. The Hall–Kier alpha value is -2.06. The van der Waals surface area contributed by atoms with Crippen LogP contribution in [0.25, 0.3) is 6.08 Å². The lowest BCUT2D eigenvalue weighted by molar-refractivity contribution is 0.0958. The number of hydrogen-bond acceptors (Lipinski definition) is 1. The molecule has 0 aliphatic rings. The first-order chi connectivity index (χ1) is 9.25. The van der Waals surface area contributed by atoms with Gasteiger partial charge in [0.15, 0.2) is 0 Å². The van der Waals surface area contributed by atoms with Gasteiger partial charge in [0.2, 0.25) is 0 Å². The Morgan fingerprint density at radius 2 is 1.89 bits per heavy atom. The highest BCUT2D eigenvalue weighted by atomic mass is 35.5. The highest BCUT2D eigenvalue weighted by Gasteiger charge is 2.03. The van der Waals surface area contributed by atoms with Crippen LogP contribution >= 0.6 is 11.6 Å². The SMILES string of the molecule is O=C(NC/C=C/c1ccccc1)c1cccc(Cl)c1. The molecule has 19 heavy (non-hydrogen) atoms. The van der Waals surface area contributed by atoms with Crippen molar-refractivity contribution in [2.45, 2.75) is 0 Å². The number of amides is 1. The van der Waals surface area contributed by atoms with E-state index < -0.39 is 0 Å². The maximum Gasteiger partial charge on any atom is 0.251 e. The molecular weight excluding hydrogens is 258 g/mol. The highest BCUT2D eigenvalue weighted by Crippen LogP contribution is 2.10. The van der Waals surface area contributed by atoms with E-state index in [1.54, 1.807) is 24.3 Å². The van der Waals surface area contributed by atoms with Crippen LogP contribution in [0.15, 0.2) is 60.7 Å². The molecule has 3 heteroatoms. The van der Waals surface area contributed by atoms with Crippen LogP contribution in [0.2, 0.25) is 5.02 Å². The van der Waals surface area contributed by atoms with E-state index in [4.69, 9.17) is 11.6 Å². The van der Waals surface area contributed by atoms with Gasteiger partial charge in [0.05, 0.1) is 0 Å². The molecule has 0 saturated carbocycles. The molecule has 0 heterocycles. The second-order valence-electron chi connectivity index (χ2n) is 4.03. The number of benzene rings is 2. The Labute approximate surface area is 117 Å². The fourth-order valence-electron chi connectivity index (χ4n) is 1.64. The maximum absolute atomic E-state index is 11.8. The summed E-state index contributed by atoms with van der Waals surface area (Å²) < 4.78 is 0. The molecule has 1 N–H and O–H groups in total. The van der Waals surface area contributed by atoms with Crippen molar-refractivity contribution >= 4 is 23.6 Å². The van der Waals surface area contributed by atoms with E-state index in [1.165, 1.54) is 0 Å². The van der Waals surface area contributed by atoms with Crippen LogP contribution in [-0.4, -0.2) is 12.5 Å². The van der Waals surface area contributed by atoms with E-state index in [1.807, 2.05) is 42.5 Å². The molecular formula is C16H14ClNO. The smallest absolute Gasteiger partial charge is 0.251 e. The number of rotatable bonds is 4. The third-order valence-corrected chi connectivity index (χ3v) is 2.81. The zero-order valence-electron chi connectivity index (χ0n) is 10.3. The highest BCUT2D eigenvalue weighted by molar-refractivity contribution is 6.30. The Morgan fingerprint density at radius 1 is 1.11 bits per heavy atom. The molecule has 1 amide bonds. The van der Waals surface area contributed by atoms with Crippen LogP contribution in [0.4, 0.5) is 0 Å². The summed E-state index contributed by atoms with van der Waals surface area (Å²) in [5.41, 5.74) is 1.68. The third-order valence-electron chi connectivity index (χ3n) is 2.58. The molecule has 0 aliphatic carbocycles. The second-order valence-corrected chi connectivity index (χ2v) is 4.47. The van der Waals surface area contributed by atoms with Gasteiger partial charge >= 0.3 is 0 Å². The van der Waals surface area contributed by atoms with Gasteiger partial charge in [-0.25, -0.2) is 0 Å². The lowest BCUT2D eigenvalue weighted by Gasteiger charge is -2.02. The van der Waals surface area contributed by atoms with Gasteiger partial charge in [-0.2, -0.15) is 0 Å². The van der Waals surface area contributed by atoms with Crippen molar-refractivity contribution in [3.63, 3.8) is 0 Å². The monoisotopic (exact) mass is 271 g/mol. The number of nitrogens with one attached hydrogen (secondary N) is 1. The minimum Gasteiger partial charge on any atom is -0.349 e. The largest absolute Gasteiger partial charge is 0.349 e. The van der Waals surface area contributed by atoms with Crippen LogP contribution in [0.5, 0.6) is 0 Å². The maximum atomic E-state index is 11.8. The summed E-state index contributed by atoms with van der Waals surface area (Å²) in [6.45, 7) is 0.486. The fraction of sp³-hybridized carbons (Fsp3) is 0.0625. The van der Waals surface area contributed by atoms with Crippen LogP contribution in [0.3, 0.4) is 0 Å². The molecule has 0 aliphatic heterocycles. The molecule has 0 spiro atoms. The van der Waals surface area contributed by atoms with Crippen LogP contribution < -0.4 is 5.32 Å². The van der Waals surface area contributed by atoms with Crippen LogP contribution in [0, 0.1) is 0 Å². The summed E-state index contributed by atoms with van der Waals surface area (Å²) in [4.78, 5) is 11.8. The van der Waals surface area contributed by atoms with Crippen LogP contribution in [0.1, 0.15) is 15.9 Å². The third kappa shape index (κ3) is 4.27. The molecule has 2 rings (SSSR count). The number of halogens is 1. The second kappa shape index (κ2) is 6.76. The Bertz CT molecular complexity index is 578. The molecule has 0 unspecified atom stereocenters. The first-order valence-corrected chi connectivity index (χ1v) is 6.39. The van der Waals surface area contributed by atoms with Crippen molar-refractivity contribution in [2.75, 3.05) is 6.54 Å². The minimum atomic E-state index is -0.125. The van der Waals surface area contributed by atoms with E-state index in [-0.39, 0.29) is 5.91 Å². The summed E-state index contributed by atoms with van der Waals surface area (Å²) in [6, 6.07) is 16.8. The predicted octanol–water partition coefficient (Wildman–Crippen LogP) is 3.78. The summed E-state index contributed by atoms with van der Waals surface area (Å²) in [5, 5.41) is 3.37. The molecule has 0 saturated heterocycles. The standard InChI is InChI=1S/C16H14ClNO/c17-15-10-4-9-14(12-15)16(19)18-11-5-8-13-6-2-1-3-7-13/h1-10,12H,11H2,(H,18,19)/b8-5+. The molecule has 2 nitrogen and oxygen atoms in total. The molecule has 0 atom stereocenters. The minimum absolute atomic E-state index is 0.125. The first-order valence-electron chi connectivity index (χ1n) is 6.01. The van der Waals surface area contributed by atoms with E-state index in [0.717, 1.165) is 5.56 Å². The van der Waals surface area contributed by atoms with E-state index >= 15 is 0 Å². The molecule has 0 bridgehead atoms. The Kier molecular flexibility index (Phi) is 4.76. The average Bonchev–Trinajstić information content (AvgIpc) is 2.44. The predicted molar refractivity (Wildman–Crippen MR) is 79.3 cm³/mol. The quantitative estimate of drug-likeness (QED) is 0.901. The molecule has 2 aromatic carbocycles. The summed E-state index contributed by atoms with van der Waals surface area (Å²) in [7, 11) is 0. The van der Waals surface area contributed by atoms with Gasteiger partial charge in [0.25, 0.3) is 5.91 Å². The molecule has 0 radical (unpaired) electrons. The first kappa shape index (κ1) is 13.4. The van der Waals surface area contributed by atoms with Gasteiger partial charge in [-0.05, 0) is 23.8 Å². The number of carbonyl (C=O) groups is 1. The van der Waals surface area contributed by atoms with Crippen molar-refractivity contribution in [3.8, 4) is 0 Å². The summed E-state index contributed by atoms with van der Waals surface area (Å²) in [5.74, 6) is -0.125. The van der Waals surface area contributed by atoms with Gasteiger partial charge in [-0.1, -0.05) is 60.2 Å². The van der Waals surface area contributed by atoms with Gasteiger partial charge in [0, 0.05) is 17.1 Å². The molecule has 0 aromatic heterocycles.